The Hall–Kier alpha value is -0.620. The van der Waals surface area contributed by atoms with Crippen LogP contribution in [0.3, 0.4) is 0 Å². The molecule has 6 heteroatoms. The number of sulfonamides is 1. The second-order valence-electron chi connectivity index (χ2n) is 2.36. The lowest BCUT2D eigenvalue weighted by atomic mass is 10.2. The number of rotatable bonds is 3. The first-order valence-corrected chi connectivity index (χ1v) is 5.03. The minimum Gasteiger partial charge on any atom is -0.258 e. The summed E-state index contributed by atoms with van der Waals surface area (Å²) in [6.07, 6.45) is 0. The number of hydrazine groups is 1. The maximum Gasteiger partial charge on any atom is 0.228 e. The van der Waals surface area contributed by atoms with Crippen LogP contribution in [0.4, 0.5) is 0 Å². The monoisotopic (exact) mass is 222 g/mol. The maximum atomic E-state index is 10.9. The van der Waals surface area contributed by atoms with Crippen LogP contribution in [0.15, 0.2) is 30.3 Å². The standard InChI is InChI=1S/C7H10N2O2S.ClH/c8-9-12(10,11)6-7-4-2-1-3-5-7;/h1-5,9H,6,8H2;1H. The normalized spacial score (nSPS) is 10.5. The van der Waals surface area contributed by atoms with E-state index in [1.54, 1.807) is 29.1 Å². The molecule has 4 nitrogen and oxygen atoms in total. The summed E-state index contributed by atoms with van der Waals surface area (Å²) in [5, 5.41) is 0. The van der Waals surface area contributed by atoms with Crippen LogP contribution < -0.4 is 10.7 Å². The van der Waals surface area contributed by atoms with Crippen LogP contribution >= 0.6 is 12.4 Å². The SMILES string of the molecule is Cl.NNS(=O)(=O)Cc1ccccc1. The van der Waals surface area contributed by atoms with Gasteiger partial charge >= 0.3 is 0 Å². The molecule has 0 aliphatic rings. The fourth-order valence-electron chi connectivity index (χ4n) is 0.835. The number of hydrogen-bond acceptors (Lipinski definition) is 3. The summed E-state index contributed by atoms with van der Waals surface area (Å²) in [6.45, 7) is 0. The number of nitrogens with two attached hydrogens (primary N) is 1. The number of halogens is 1. The van der Waals surface area contributed by atoms with Gasteiger partial charge in [-0.2, -0.15) is 4.83 Å². The van der Waals surface area contributed by atoms with Crippen molar-refractivity contribution in [3.63, 3.8) is 0 Å². The van der Waals surface area contributed by atoms with Crippen LogP contribution in [0.5, 0.6) is 0 Å². The largest absolute Gasteiger partial charge is 0.258 e. The van der Waals surface area contributed by atoms with E-state index < -0.39 is 10.0 Å². The van der Waals surface area contributed by atoms with Gasteiger partial charge in [-0.1, -0.05) is 30.3 Å². The van der Waals surface area contributed by atoms with Crippen LogP contribution in [0.2, 0.25) is 0 Å². The van der Waals surface area contributed by atoms with Crippen molar-refractivity contribution in [1.29, 1.82) is 0 Å². The van der Waals surface area contributed by atoms with Gasteiger partial charge in [0.15, 0.2) is 0 Å². The number of hydrogen-bond donors (Lipinski definition) is 2. The van der Waals surface area contributed by atoms with Crippen molar-refractivity contribution in [2.75, 3.05) is 0 Å². The molecule has 0 bridgehead atoms. The highest BCUT2D eigenvalue weighted by Gasteiger charge is 2.07. The molecule has 0 saturated heterocycles. The summed E-state index contributed by atoms with van der Waals surface area (Å²) >= 11 is 0. The Morgan fingerprint density at radius 2 is 1.77 bits per heavy atom. The quantitative estimate of drug-likeness (QED) is 0.575. The molecule has 0 atom stereocenters. The molecule has 0 spiro atoms. The fraction of sp³-hybridized carbons (Fsp3) is 0.143. The molecule has 13 heavy (non-hydrogen) atoms. The van der Waals surface area contributed by atoms with Crippen molar-refractivity contribution in [3.05, 3.63) is 35.9 Å². The molecule has 1 aromatic carbocycles. The Morgan fingerprint density at radius 1 is 1.23 bits per heavy atom. The van der Waals surface area contributed by atoms with Crippen LogP contribution in [-0.2, 0) is 15.8 Å². The van der Waals surface area contributed by atoms with Crippen molar-refractivity contribution in [2.45, 2.75) is 5.75 Å². The average molecular weight is 223 g/mol. The van der Waals surface area contributed by atoms with E-state index >= 15 is 0 Å². The second-order valence-corrected chi connectivity index (χ2v) is 4.12. The third-order valence-corrected chi connectivity index (χ3v) is 2.45. The predicted octanol–water partition coefficient (Wildman–Crippen LogP) is 0.401. The molecule has 0 radical (unpaired) electrons. The van der Waals surface area contributed by atoms with Gasteiger partial charge in [-0.3, -0.25) is 5.84 Å². The first kappa shape index (κ1) is 12.4. The Morgan fingerprint density at radius 3 is 2.23 bits per heavy atom. The predicted molar refractivity (Wildman–Crippen MR) is 53.6 cm³/mol. The Bertz CT molecular complexity index is 339. The lowest BCUT2D eigenvalue weighted by Crippen LogP contribution is -2.31. The average Bonchev–Trinajstić information content (AvgIpc) is 2.06. The lowest BCUT2D eigenvalue weighted by molar-refractivity contribution is 0.583. The topological polar surface area (TPSA) is 72.2 Å². The molecule has 0 amide bonds. The first-order chi connectivity index (χ1) is 5.64. The number of benzene rings is 1. The summed E-state index contributed by atoms with van der Waals surface area (Å²) in [6, 6.07) is 8.85. The first-order valence-electron chi connectivity index (χ1n) is 3.38. The highest BCUT2D eigenvalue weighted by atomic mass is 35.5. The van der Waals surface area contributed by atoms with Crippen molar-refractivity contribution in [1.82, 2.24) is 4.83 Å². The fourth-order valence-corrected chi connectivity index (χ4v) is 1.55. The maximum absolute atomic E-state index is 10.9. The van der Waals surface area contributed by atoms with E-state index in [9.17, 15) is 8.42 Å². The summed E-state index contributed by atoms with van der Waals surface area (Å²) in [4.78, 5) is 1.76. The van der Waals surface area contributed by atoms with Crippen molar-refractivity contribution >= 4 is 22.4 Å². The molecule has 3 N–H and O–H groups in total. The van der Waals surface area contributed by atoms with Crippen LogP contribution in [0.1, 0.15) is 5.56 Å². The van der Waals surface area contributed by atoms with Gasteiger partial charge in [-0.15, -0.1) is 12.4 Å². The lowest BCUT2D eigenvalue weighted by Gasteiger charge is -2.00. The molecular formula is C7H11ClN2O2S. The van der Waals surface area contributed by atoms with Crippen LogP contribution in [0.25, 0.3) is 0 Å². The van der Waals surface area contributed by atoms with E-state index in [0.29, 0.717) is 0 Å². The van der Waals surface area contributed by atoms with Crippen molar-refractivity contribution in [2.24, 2.45) is 5.84 Å². The molecule has 1 rings (SSSR count). The summed E-state index contributed by atoms with van der Waals surface area (Å²) in [5.74, 6) is 4.74. The van der Waals surface area contributed by atoms with E-state index in [-0.39, 0.29) is 18.2 Å². The van der Waals surface area contributed by atoms with Gasteiger partial charge in [0.05, 0.1) is 5.75 Å². The van der Waals surface area contributed by atoms with Crippen molar-refractivity contribution < 1.29 is 8.42 Å². The summed E-state index contributed by atoms with van der Waals surface area (Å²) in [5.41, 5.74) is 0.718. The van der Waals surface area contributed by atoms with Crippen LogP contribution in [-0.4, -0.2) is 8.42 Å². The zero-order chi connectivity index (χ0) is 9.03. The van der Waals surface area contributed by atoms with Gasteiger partial charge in [0.2, 0.25) is 10.0 Å². The molecule has 0 aromatic heterocycles. The van der Waals surface area contributed by atoms with Gasteiger partial charge in [0, 0.05) is 0 Å². The molecule has 0 aliphatic heterocycles. The number of nitrogens with one attached hydrogen (secondary N) is 1. The minimum absolute atomic E-state index is 0. The van der Waals surface area contributed by atoms with Gasteiger partial charge in [-0.25, -0.2) is 8.42 Å². The van der Waals surface area contributed by atoms with E-state index in [2.05, 4.69) is 0 Å². The van der Waals surface area contributed by atoms with Crippen LogP contribution in [0, 0.1) is 0 Å². The zero-order valence-electron chi connectivity index (χ0n) is 6.80. The van der Waals surface area contributed by atoms with Gasteiger partial charge in [0.25, 0.3) is 0 Å². The molecule has 74 valence electrons. The van der Waals surface area contributed by atoms with Crippen molar-refractivity contribution in [3.8, 4) is 0 Å². The van der Waals surface area contributed by atoms with Gasteiger partial charge in [-0.05, 0) is 5.56 Å². The van der Waals surface area contributed by atoms with E-state index in [1.807, 2.05) is 6.07 Å². The highest BCUT2D eigenvalue weighted by Crippen LogP contribution is 2.02. The summed E-state index contributed by atoms with van der Waals surface area (Å²) < 4.78 is 21.9. The zero-order valence-corrected chi connectivity index (χ0v) is 8.44. The molecule has 1 aromatic rings. The highest BCUT2D eigenvalue weighted by molar-refractivity contribution is 7.88. The van der Waals surface area contributed by atoms with Gasteiger partial charge < -0.3 is 0 Å². The summed E-state index contributed by atoms with van der Waals surface area (Å²) in [7, 11) is -3.34. The third-order valence-electron chi connectivity index (χ3n) is 1.38. The molecule has 0 fully saturated rings. The molecule has 0 saturated carbocycles. The minimum atomic E-state index is -3.34. The Labute approximate surface area is 83.6 Å². The van der Waals surface area contributed by atoms with E-state index in [4.69, 9.17) is 5.84 Å². The molecule has 0 heterocycles. The molecule has 0 unspecified atom stereocenters. The Kier molecular flexibility index (Phi) is 4.94. The van der Waals surface area contributed by atoms with E-state index in [0.717, 1.165) is 5.56 Å². The van der Waals surface area contributed by atoms with Gasteiger partial charge in [0.1, 0.15) is 0 Å². The molecular weight excluding hydrogens is 212 g/mol. The second kappa shape index (κ2) is 5.18. The third kappa shape index (κ3) is 4.23. The molecule has 0 aliphatic carbocycles. The smallest absolute Gasteiger partial charge is 0.228 e. The Balaban J connectivity index is 0.00000144. The van der Waals surface area contributed by atoms with E-state index in [1.165, 1.54) is 0 Å².